The van der Waals surface area contributed by atoms with Crippen molar-refractivity contribution in [3.05, 3.63) is 59.5 Å². The summed E-state index contributed by atoms with van der Waals surface area (Å²) in [6.07, 6.45) is 2.94. The molecule has 2 aromatic heterocycles. The molecule has 0 saturated carbocycles. The number of hydrogen-bond acceptors (Lipinski definition) is 2. The number of pyridine rings is 1. The van der Waals surface area contributed by atoms with Gasteiger partial charge in [-0.3, -0.25) is 0 Å². The van der Waals surface area contributed by atoms with Crippen LogP contribution in [-0.4, -0.2) is 14.5 Å². The lowest BCUT2D eigenvalue weighted by molar-refractivity contribution is 0.502. The fraction of sp³-hybridized carbons (Fsp3) is 0.294. The van der Waals surface area contributed by atoms with Crippen LogP contribution in [0, 0.1) is 0 Å². The molecule has 0 fully saturated rings. The Morgan fingerprint density at radius 2 is 2.14 bits per heavy atom. The molecule has 2 heterocycles. The first-order valence-electron chi connectivity index (χ1n) is 7.27. The molecule has 1 aromatic carbocycles. The summed E-state index contributed by atoms with van der Waals surface area (Å²) in [4.78, 5) is 9.14. The van der Waals surface area contributed by atoms with Crippen molar-refractivity contribution < 1.29 is 0 Å². The fourth-order valence-corrected chi connectivity index (χ4v) is 3.37. The van der Waals surface area contributed by atoms with Crippen molar-refractivity contribution >= 4 is 22.8 Å². The average molecular weight is 298 g/mol. The van der Waals surface area contributed by atoms with Crippen LogP contribution in [0.4, 0.5) is 0 Å². The lowest BCUT2D eigenvalue weighted by Crippen LogP contribution is -2.23. The lowest BCUT2D eigenvalue weighted by Gasteiger charge is -2.31. The van der Waals surface area contributed by atoms with Gasteiger partial charge < -0.3 is 4.57 Å². The third-order valence-electron chi connectivity index (χ3n) is 4.25. The van der Waals surface area contributed by atoms with Crippen molar-refractivity contribution in [2.45, 2.75) is 31.2 Å². The van der Waals surface area contributed by atoms with Crippen molar-refractivity contribution in [3.63, 3.8) is 0 Å². The summed E-state index contributed by atoms with van der Waals surface area (Å²) >= 11 is 6.31. The first-order valence-corrected chi connectivity index (χ1v) is 7.70. The third kappa shape index (κ3) is 2.04. The van der Waals surface area contributed by atoms with Crippen LogP contribution < -0.4 is 0 Å². The van der Waals surface area contributed by atoms with Crippen LogP contribution in [0.2, 0.25) is 0 Å². The van der Waals surface area contributed by atoms with Gasteiger partial charge in [0.15, 0.2) is 5.65 Å². The second kappa shape index (κ2) is 4.85. The summed E-state index contributed by atoms with van der Waals surface area (Å²) in [5.74, 6) is 1.45. The van der Waals surface area contributed by atoms with E-state index in [0.29, 0.717) is 5.92 Å². The SMILES string of the molecule is CC(Cl)c1nc2cccnc2n1CC1Cc2ccccc21. The van der Waals surface area contributed by atoms with Gasteiger partial charge in [-0.1, -0.05) is 24.3 Å². The Balaban J connectivity index is 1.75. The zero-order valence-corrected chi connectivity index (χ0v) is 12.6. The first kappa shape index (κ1) is 12.8. The molecule has 0 N–H and O–H groups in total. The van der Waals surface area contributed by atoms with Gasteiger partial charge in [0.05, 0.1) is 5.38 Å². The van der Waals surface area contributed by atoms with Crippen LogP contribution >= 0.6 is 11.6 Å². The monoisotopic (exact) mass is 297 g/mol. The van der Waals surface area contributed by atoms with E-state index in [2.05, 4.69) is 38.8 Å². The molecule has 0 amide bonds. The van der Waals surface area contributed by atoms with Gasteiger partial charge in [0, 0.05) is 18.7 Å². The fourth-order valence-electron chi connectivity index (χ4n) is 3.21. The number of aromatic nitrogens is 3. The first-order chi connectivity index (χ1) is 10.2. The summed E-state index contributed by atoms with van der Waals surface area (Å²) in [7, 11) is 0. The maximum Gasteiger partial charge on any atom is 0.160 e. The Bertz CT molecular complexity index is 807. The molecule has 0 bridgehead atoms. The van der Waals surface area contributed by atoms with Gasteiger partial charge in [-0.2, -0.15) is 0 Å². The van der Waals surface area contributed by atoms with Crippen molar-refractivity contribution in [1.29, 1.82) is 0 Å². The van der Waals surface area contributed by atoms with E-state index in [0.717, 1.165) is 30.0 Å². The van der Waals surface area contributed by atoms with Crippen LogP contribution in [0.15, 0.2) is 42.6 Å². The largest absolute Gasteiger partial charge is 0.311 e. The number of rotatable bonds is 3. The standard InChI is InChI=1S/C17H16ClN3/c1-11(18)16-20-15-7-4-8-19-17(15)21(16)10-13-9-12-5-2-3-6-14(12)13/h2-8,11,13H,9-10H2,1H3. The van der Waals surface area contributed by atoms with Gasteiger partial charge in [0.1, 0.15) is 11.3 Å². The molecule has 3 nitrogen and oxygen atoms in total. The number of benzene rings is 1. The van der Waals surface area contributed by atoms with E-state index < -0.39 is 0 Å². The number of fused-ring (bicyclic) bond motifs is 2. The maximum absolute atomic E-state index is 6.31. The van der Waals surface area contributed by atoms with Crippen LogP contribution in [0.25, 0.3) is 11.2 Å². The molecule has 2 unspecified atom stereocenters. The predicted molar refractivity (Wildman–Crippen MR) is 84.7 cm³/mol. The van der Waals surface area contributed by atoms with Crippen molar-refractivity contribution in [1.82, 2.24) is 14.5 Å². The molecule has 0 saturated heterocycles. The molecule has 0 spiro atoms. The van der Waals surface area contributed by atoms with E-state index in [9.17, 15) is 0 Å². The van der Waals surface area contributed by atoms with Crippen LogP contribution in [0.5, 0.6) is 0 Å². The normalized spacial score (nSPS) is 18.3. The van der Waals surface area contributed by atoms with Gasteiger partial charge in [-0.15, -0.1) is 11.6 Å². The molecule has 106 valence electrons. The Morgan fingerprint density at radius 3 is 2.95 bits per heavy atom. The molecule has 4 rings (SSSR count). The summed E-state index contributed by atoms with van der Waals surface area (Å²) in [5.41, 5.74) is 4.76. The number of nitrogens with zero attached hydrogens (tertiary/aromatic N) is 3. The zero-order valence-electron chi connectivity index (χ0n) is 11.8. The smallest absolute Gasteiger partial charge is 0.160 e. The number of halogens is 1. The van der Waals surface area contributed by atoms with Crippen LogP contribution in [0.1, 0.15) is 35.2 Å². The molecule has 1 aliphatic carbocycles. The second-order valence-corrected chi connectivity index (χ2v) is 6.30. The second-order valence-electron chi connectivity index (χ2n) is 5.64. The predicted octanol–water partition coefficient (Wildman–Crippen LogP) is 4.07. The molecular weight excluding hydrogens is 282 g/mol. The Morgan fingerprint density at radius 1 is 1.29 bits per heavy atom. The molecule has 0 radical (unpaired) electrons. The third-order valence-corrected chi connectivity index (χ3v) is 4.45. The number of alkyl halides is 1. The minimum absolute atomic E-state index is 0.116. The van der Waals surface area contributed by atoms with Crippen molar-refractivity contribution in [2.75, 3.05) is 0 Å². The highest BCUT2D eigenvalue weighted by molar-refractivity contribution is 6.20. The Hall–Kier alpha value is -1.87. The topological polar surface area (TPSA) is 30.7 Å². The highest BCUT2D eigenvalue weighted by Gasteiger charge is 2.28. The maximum atomic E-state index is 6.31. The van der Waals surface area contributed by atoms with Gasteiger partial charge >= 0.3 is 0 Å². The number of imidazole rings is 1. The van der Waals surface area contributed by atoms with E-state index in [4.69, 9.17) is 11.6 Å². The number of hydrogen-bond donors (Lipinski definition) is 0. The van der Waals surface area contributed by atoms with Gasteiger partial charge in [-0.25, -0.2) is 9.97 Å². The minimum atomic E-state index is -0.116. The molecule has 21 heavy (non-hydrogen) atoms. The van der Waals surface area contributed by atoms with Crippen molar-refractivity contribution in [3.8, 4) is 0 Å². The van der Waals surface area contributed by atoms with Gasteiger partial charge in [0.25, 0.3) is 0 Å². The summed E-state index contributed by atoms with van der Waals surface area (Å²) in [5, 5.41) is -0.116. The molecular formula is C17H16ClN3. The molecule has 4 heteroatoms. The van der Waals surface area contributed by atoms with Crippen LogP contribution in [0.3, 0.4) is 0 Å². The molecule has 2 atom stereocenters. The quantitative estimate of drug-likeness (QED) is 0.682. The van der Waals surface area contributed by atoms with Crippen molar-refractivity contribution in [2.24, 2.45) is 0 Å². The van der Waals surface area contributed by atoms with Crippen LogP contribution in [-0.2, 0) is 13.0 Å². The molecule has 1 aliphatic rings. The van der Waals surface area contributed by atoms with Gasteiger partial charge in [0.2, 0.25) is 0 Å². The van der Waals surface area contributed by atoms with E-state index in [1.165, 1.54) is 11.1 Å². The van der Waals surface area contributed by atoms with E-state index in [1.54, 1.807) is 0 Å². The van der Waals surface area contributed by atoms with E-state index in [1.807, 2.05) is 25.3 Å². The zero-order chi connectivity index (χ0) is 14.4. The molecule has 0 aliphatic heterocycles. The highest BCUT2D eigenvalue weighted by Crippen LogP contribution is 2.37. The Labute approximate surface area is 128 Å². The summed E-state index contributed by atoms with van der Waals surface area (Å²) in [6, 6.07) is 12.6. The highest BCUT2D eigenvalue weighted by atomic mass is 35.5. The minimum Gasteiger partial charge on any atom is -0.311 e. The van der Waals surface area contributed by atoms with Gasteiger partial charge in [-0.05, 0) is 36.6 Å². The average Bonchev–Trinajstić information content (AvgIpc) is 2.84. The lowest BCUT2D eigenvalue weighted by atomic mass is 9.77. The molecule has 3 aromatic rings. The Kier molecular flexibility index (Phi) is 2.96. The van der Waals surface area contributed by atoms with E-state index >= 15 is 0 Å². The summed E-state index contributed by atoms with van der Waals surface area (Å²) in [6.45, 7) is 2.87. The van der Waals surface area contributed by atoms with E-state index in [-0.39, 0.29) is 5.38 Å². The summed E-state index contributed by atoms with van der Waals surface area (Å²) < 4.78 is 2.19.